The van der Waals surface area contributed by atoms with Crippen molar-refractivity contribution in [1.82, 2.24) is 0 Å². The summed E-state index contributed by atoms with van der Waals surface area (Å²) in [6, 6.07) is 1.88. The van der Waals surface area contributed by atoms with Crippen LogP contribution in [0.5, 0.6) is 5.75 Å². The van der Waals surface area contributed by atoms with Crippen LogP contribution in [0.2, 0.25) is 0 Å². The molecule has 0 aliphatic heterocycles. The molecule has 4 heteroatoms. The lowest BCUT2D eigenvalue weighted by molar-refractivity contribution is 0.130. The summed E-state index contributed by atoms with van der Waals surface area (Å²) in [5.74, 6) is -3.16. The summed E-state index contributed by atoms with van der Waals surface area (Å²) in [6.45, 7) is 8.09. The van der Waals surface area contributed by atoms with E-state index in [9.17, 15) is 13.2 Å². The Morgan fingerprint density at radius 3 is 1.94 bits per heavy atom. The Morgan fingerprint density at radius 1 is 1.19 bits per heavy atom. The molecule has 1 aromatic carbocycles. The third-order valence-corrected chi connectivity index (χ3v) is 1.71. The molecule has 0 aliphatic carbocycles. The van der Waals surface area contributed by atoms with Crippen molar-refractivity contribution >= 4 is 5.83 Å². The number of halogens is 3. The molecule has 1 nitrogen and oxygen atoms in total. The fourth-order valence-corrected chi connectivity index (χ4v) is 1.22. The van der Waals surface area contributed by atoms with E-state index in [1.165, 1.54) is 0 Å². The number of rotatable bonds is 2. The molecule has 0 unspecified atom stereocenters. The van der Waals surface area contributed by atoms with Crippen molar-refractivity contribution in [2.45, 2.75) is 26.4 Å². The summed E-state index contributed by atoms with van der Waals surface area (Å²) in [4.78, 5) is 0. The molecule has 0 N–H and O–H groups in total. The van der Waals surface area contributed by atoms with Crippen LogP contribution in [0, 0.1) is 11.6 Å². The van der Waals surface area contributed by atoms with Crippen LogP contribution in [0.1, 0.15) is 26.3 Å². The van der Waals surface area contributed by atoms with E-state index >= 15 is 0 Å². The van der Waals surface area contributed by atoms with E-state index in [2.05, 4.69) is 6.58 Å². The van der Waals surface area contributed by atoms with Gasteiger partial charge >= 0.3 is 0 Å². The Morgan fingerprint density at radius 2 is 1.62 bits per heavy atom. The number of hydrogen-bond donors (Lipinski definition) is 0. The summed E-state index contributed by atoms with van der Waals surface area (Å²) in [7, 11) is 0. The number of ether oxygens (including phenoxy) is 1. The van der Waals surface area contributed by atoms with Crippen LogP contribution >= 0.6 is 0 Å². The first kappa shape index (κ1) is 12.6. The molecule has 0 saturated carbocycles. The third kappa shape index (κ3) is 3.02. The highest BCUT2D eigenvalue weighted by molar-refractivity contribution is 5.58. The van der Waals surface area contributed by atoms with E-state index in [1.807, 2.05) is 0 Å². The van der Waals surface area contributed by atoms with E-state index in [1.54, 1.807) is 20.8 Å². The Kier molecular flexibility index (Phi) is 3.31. The normalized spacial score (nSPS) is 11.4. The van der Waals surface area contributed by atoms with Crippen LogP contribution in [0.3, 0.4) is 0 Å². The van der Waals surface area contributed by atoms with Crippen molar-refractivity contribution in [2.75, 3.05) is 0 Å². The SMILES string of the molecule is C=C(F)c1c(F)cc(OC(C)(C)C)cc1F. The summed E-state index contributed by atoms with van der Waals surface area (Å²) in [6.07, 6.45) is 0. The maximum Gasteiger partial charge on any atom is 0.140 e. The van der Waals surface area contributed by atoms with Gasteiger partial charge in [0.15, 0.2) is 0 Å². The zero-order valence-corrected chi connectivity index (χ0v) is 9.40. The van der Waals surface area contributed by atoms with Crippen molar-refractivity contribution in [3.63, 3.8) is 0 Å². The Labute approximate surface area is 92.5 Å². The van der Waals surface area contributed by atoms with Crippen molar-refractivity contribution in [2.24, 2.45) is 0 Å². The van der Waals surface area contributed by atoms with Gasteiger partial charge in [-0.25, -0.2) is 13.2 Å². The largest absolute Gasteiger partial charge is 0.488 e. The molecule has 1 rings (SSSR count). The molecular formula is C12H13F3O. The summed E-state index contributed by atoms with van der Waals surface area (Å²) < 4.78 is 44.6. The number of hydrogen-bond acceptors (Lipinski definition) is 1. The van der Waals surface area contributed by atoms with Gasteiger partial charge in [0.25, 0.3) is 0 Å². The average molecular weight is 230 g/mol. The summed E-state index contributed by atoms with van der Waals surface area (Å²) in [5, 5.41) is 0. The van der Waals surface area contributed by atoms with Gasteiger partial charge in [0.2, 0.25) is 0 Å². The van der Waals surface area contributed by atoms with Gasteiger partial charge in [-0.2, -0.15) is 0 Å². The highest BCUT2D eigenvalue weighted by Crippen LogP contribution is 2.28. The van der Waals surface area contributed by atoms with E-state index < -0.39 is 28.6 Å². The molecular weight excluding hydrogens is 217 g/mol. The van der Waals surface area contributed by atoms with Gasteiger partial charge in [-0.3, -0.25) is 0 Å². The molecule has 0 bridgehead atoms. The van der Waals surface area contributed by atoms with Gasteiger partial charge in [-0.15, -0.1) is 0 Å². The molecule has 0 fully saturated rings. The first-order chi connectivity index (χ1) is 7.20. The lowest BCUT2D eigenvalue weighted by atomic mass is 10.1. The van der Waals surface area contributed by atoms with Crippen LogP contribution in [0.25, 0.3) is 5.83 Å². The second kappa shape index (κ2) is 4.20. The van der Waals surface area contributed by atoms with Gasteiger partial charge in [0.05, 0.1) is 5.56 Å². The third-order valence-electron chi connectivity index (χ3n) is 1.71. The zero-order valence-electron chi connectivity index (χ0n) is 9.40. The molecule has 0 amide bonds. The lowest BCUT2D eigenvalue weighted by Crippen LogP contribution is -2.23. The van der Waals surface area contributed by atoms with Gasteiger partial charge in [-0.1, -0.05) is 6.58 Å². The first-order valence-electron chi connectivity index (χ1n) is 4.73. The quantitative estimate of drug-likeness (QED) is 0.743. The molecule has 0 aliphatic rings. The van der Waals surface area contributed by atoms with E-state index in [-0.39, 0.29) is 5.75 Å². The number of benzene rings is 1. The molecule has 0 saturated heterocycles. The maximum absolute atomic E-state index is 13.3. The topological polar surface area (TPSA) is 9.23 Å². The molecule has 0 radical (unpaired) electrons. The molecule has 0 heterocycles. The second-order valence-electron chi connectivity index (χ2n) is 4.38. The van der Waals surface area contributed by atoms with Crippen molar-refractivity contribution in [3.05, 3.63) is 35.9 Å². The lowest BCUT2D eigenvalue weighted by Gasteiger charge is -2.21. The van der Waals surface area contributed by atoms with Gasteiger partial charge < -0.3 is 4.74 Å². The predicted molar refractivity (Wildman–Crippen MR) is 56.9 cm³/mol. The highest BCUT2D eigenvalue weighted by Gasteiger charge is 2.18. The Bertz CT molecular complexity index is 396. The van der Waals surface area contributed by atoms with Crippen molar-refractivity contribution in [3.8, 4) is 5.75 Å². The highest BCUT2D eigenvalue weighted by atomic mass is 19.1. The van der Waals surface area contributed by atoms with Crippen LogP contribution in [-0.2, 0) is 0 Å². The predicted octanol–water partition coefficient (Wildman–Crippen LogP) is 4.08. The molecule has 0 atom stereocenters. The summed E-state index contributed by atoms with van der Waals surface area (Å²) >= 11 is 0. The minimum atomic E-state index is -1.14. The van der Waals surface area contributed by atoms with Gasteiger partial charge in [-0.05, 0) is 20.8 Å². The van der Waals surface area contributed by atoms with Crippen molar-refractivity contribution in [1.29, 1.82) is 0 Å². The van der Waals surface area contributed by atoms with E-state index in [0.29, 0.717) is 0 Å². The van der Waals surface area contributed by atoms with E-state index in [0.717, 1.165) is 12.1 Å². The maximum atomic E-state index is 13.3. The van der Waals surface area contributed by atoms with Crippen LogP contribution in [0.4, 0.5) is 13.2 Å². The molecule has 1 aromatic rings. The van der Waals surface area contributed by atoms with Crippen molar-refractivity contribution < 1.29 is 17.9 Å². The van der Waals surface area contributed by atoms with Crippen LogP contribution in [-0.4, -0.2) is 5.60 Å². The van der Waals surface area contributed by atoms with Gasteiger partial charge in [0, 0.05) is 12.1 Å². The zero-order chi connectivity index (χ0) is 12.5. The van der Waals surface area contributed by atoms with Gasteiger partial charge in [0.1, 0.15) is 28.8 Å². The smallest absolute Gasteiger partial charge is 0.140 e. The Hall–Kier alpha value is -1.45. The fourth-order valence-electron chi connectivity index (χ4n) is 1.22. The minimum absolute atomic E-state index is 0.0208. The Balaban J connectivity index is 3.15. The molecule has 0 spiro atoms. The standard InChI is InChI=1S/C12H13F3O/c1-7(13)11-9(14)5-8(6-10(11)15)16-12(2,3)4/h5-6H,1H2,2-4H3. The monoisotopic (exact) mass is 230 g/mol. The average Bonchev–Trinajstić information content (AvgIpc) is 1.96. The molecule has 88 valence electrons. The van der Waals surface area contributed by atoms with Crippen LogP contribution in [0.15, 0.2) is 18.7 Å². The second-order valence-corrected chi connectivity index (χ2v) is 4.38. The summed E-state index contributed by atoms with van der Waals surface area (Å²) in [5.41, 5.74) is -1.33. The minimum Gasteiger partial charge on any atom is -0.488 e. The van der Waals surface area contributed by atoms with E-state index in [4.69, 9.17) is 4.74 Å². The molecule has 0 aromatic heterocycles. The fraction of sp³-hybridized carbons (Fsp3) is 0.333. The molecule has 16 heavy (non-hydrogen) atoms. The van der Waals surface area contributed by atoms with Crippen LogP contribution < -0.4 is 4.74 Å². The first-order valence-corrected chi connectivity index (χ1v) is 4.73.